The molecule has 3 heteroatoms. The number of hydrogen-bond donors (Lipinski definition) is 0. The molecule has 0 bridgehead atoms. The average molecular weight is 277 g/mol. The van der Waals surface area contributed by atoms with Gasteiger partial charge in [0.15, 0.2) is 0 Å². The van der Waals surface area contributed by atoms with Gasteiger partial charge in [0.25, 0.3) is 0 Å². The van der Waals surface area contributed by atoms with Crippen molar-refractivity contribution in [2.45, 2.75) is 13.1 Å². The SMILES string of the molecule is CC1N(C)c2c(c3ccccc3n2C)N1c1ccccc1. The molecule has 21 heavy (non-hydrogen) atoms. The lowest BCUT2D eigenvalue weighted by atomic mass is 10.2. The third-order valence-electron chi connectivity index (χ3n) is 4.59. The molecule has 2 aromatic carbocycles. The first kappa shape index (κ1) is 12.3. The minimum atomic E-state index is 0.313. The van der Waals surface area contributed by atoms with Gasteiger partial charge in [0, 0.05) is 25.2 Å². The van der Waals surface area contributed by atoms with Crippen LogP contribution in [0.3, 0.4) is 0 Å². The molecule has 0 amide bonds. The molecular weight excluding hydrogens is 258 g/mol. The second kappa shape index (κ2) is 4.29. The standard InChI is InChI=1S/C18H19N3/c1-13-19(2)18-17(21(13)14-9-5-4-6-10-14)15-11-7-8-12-16(15)20(18)3/h4-13H,1-3H3. The molecule has 2 heterocycles. The van der Waals surface area contributed by atoms with Crippen LogP contribution in [-0.2, 0) is 7.05 Å². The Balaban J connectivity index is 2.04. The minimum Gasteiger partial charge on any atom is -0.339 e. The van der Waals surface area contributed by atoms with Crippen LogP contribution in [0, 0.1) is 0 Å². The Kier molecular flexibility index (Phi) is 2.52. The predicted octanol–water partition coefficient (Wildman–Crippen LogP) is 4.11. The van der Waals surface area contributed by atoms with E-state index in [1.807, 2.05) is 0 Å². The van der Waals surface area contributed by atoms with Crippen LogP contribution in [0.25, 0.3) is 10.9 Å². The molecule has 3 aromatic rings. The number of benzene rings is 2. The van der Waals surface area contributed by atoms with E-state index in [1.54, 1.807) is 0 Å². The zero-order valence-corrected chi connectivity index (χ0v) is 12.6. The van der Waals surface area contributed by atoms with E-state index in [2.05, 4.69) is 90.0 Å². The molecular formula is C18H19N3. The third-order valence-corrected chi connectivity index (χ3v) is 4.59. The van der Waals surface area contributed by atoms with E-state index < -0.39 is 0 Å². The topological polar surface area (TPSA) is 11.4 Å². The summed E-state index contributed by atoms with van der Waals surface area (Å²) in [5, 5.41) is 1.31. The number of fused-ring (bicyclic) bond motifs is 3. The average Bonchev–Trinajstić information content (AvgIpc) is 2.95. The fourth-order valence-corrected chi connectivity index (χ4v) is 3.47. The van der Waals surface area contributed by atoms with Crippen molar-refractivity contribution in [2.75, 3.05) is 16.8 Å². The van der Waals surface area contributed by atoms with E-state index in [-0.39, 0.29) is 0 Å². The highest BCUT2D eigenvalue weighted by Crippen LogP contribution is 2.48. The molecule has 1 unspecified atom stereocenters. The highest BCUT2D eigenvalue weighted by Gasteiger charge is 2.36. The van der Waals surface area contributed by atoms with Crippen LogP contribution in [0.4, 0.5) is 17.2 Å². The summed E-state index contributed by atoms with van der Waals surface area (Å²) in [5.74, 6) is 1.28. The number of rotatable bonds is 1. The first-order valence-corrected chi connectivity index (χ1v) is 7.34. The number of para-hydroxylation sites is 2. The van der Waals surface area contributed by atoms with E-state index >= 15 is 0 Å². The summed E-state index contributed by atoms with van der Waals surface area (Å²) in [6, 6.07) is 19.3. The van der Waals surface area contributed by atoms with Gasteiger partial charge in [-0.25, -0.2) is 0 Å². The van der Waals surface area contributed by atoms with Crippen LogP contribution in [0.2, 0.25) is 0 Å². The Morgan fingerprint density at radius 3 is 2.29 bits per heavy atom. The monoisotopic (exact) mass is 277 g/mol. The fraction of sp³-hybridized carbons (Fsp3) is 0.222. The molecule has 1 aliphatic rings. The van der Waals surface area contributed by atoms with Crippen molar-refractivity contribution in [1.82, 2.24) is 4.57 Å². The van der Waals surface area contributed by atoms with Crippen LogP contribution >= 0.6 is 0 Å². The lowest BCUT2D eigenvalue weighted by Gasteiger charge is -2.28. The van der Waals surface area contributed by atoms with Gasteiger partial charge in [-0.1, -0.05) is 36.4 Å². The number of aromatic nitrogens is 1. The fourth-order valence-electron chi connectivity index (χ4n) is 3.47. The molecule has 0 N–H and O–H groups in total. The quantitative estimate of drug-likeness (QED) is 0.663. The van der Waals surface area contributed by atoms with Gasteiger partial charge in [0.05, 0.1) is 11.2 Å². The molecule has 1 atom stereocenters. The van der Waals surface area contributed by atoms with Crippen molar-refractivity contribution >= 4 is 28.1 Å². The predicted molar refractivity (Wildman–Crippen MR) is 89.4 cm³/mol. The Morgan fingerprint density at radius 1 is 0.857 bits per heavy atom. The maximum absolute atomic E-state index is 2.43. The Morgan fingerprint density at radius 2 is 1.52 bits per heavy atom. The van der Waals surface area contributed by atoms with E-state index in [1.165, 1.54) is 28.1 Å². The zero-order chi connectivity index (χ0) is 14.6. The second-order valence-corrected chi connectivity index (χ2v) is 5.70. The molecule has 0 radical (unpaired) electrons. The summed E-state index contributed by atoms with van der Waals surface area (Å²) in [7, 11) is 4.32. The van der Waals surface area contributed by atoms with Gasteiger partial charge in [-0.3, -0.25) is 0 Å². The number of nitrogens with zero attached hydrogens (tertiary/aromatic N) is 3. The van der Waals surface area contributed by atoms with Gasteiger partial charge in [0.2, 0.25) is 0 Å². The summed E-state index contributed by atoms with van der Waals surface area (Å²) >= 11 is 0. The first-order valence-electron chi connectivity index (χ1n) is 7.34. The maximum atomic E-state index is 2.43. The van der Waals surface area contributed by atoms with Crippen LogP contribution < -0.4 is 9.80 Å². The number of hydrogen-bond acceptors (Lipinski definition) is 2. The molecule has 1 aliphatic heterocycles. The molecule has 0 saturated heterocycles. The largest absolute Gasteiger partial charge is 0.339 e. The lowest BCUT2D eigenvalue weighted by molar-refractivity contribution is 0.717. The van der Waals surface area contributed by atoms with Crippen molar-refractivity contribution < 1.29 is 0 Å². The zero-order valence-electron chi connectivity index (χ0n) is 12.6. The van der Waals surface area contributed by atoms with Crippen molar-refractivity contribution in [3.63, 3.8) is 0 Å². The third kappa shape index (κ3) is 1.54. The smallest absolute Gasteiger partial charge is 0.135 e. The van der Waals surface area contributed by atoms with E-state index in [4.69, 9.17) is 0 Å². The van der Waals surface area contributed by atoms with Crippen molar-refractivity contribution in [1.29, 1.82) is 0 Å². The van der Waals surface area contributed by atoms with Crippen LogP contribution in [0.5, 0.6) is 0 Å². The van der Waals surface area contributed by atoms with Crippen molar-refractivity contribution in [3.05, 3.63) is 54.6 Å². The molecule has 0 spiro atoms. The molecule has 3 nitrogen and oxygen atoms in total. The van der Waals surface area contributed by atoms with Gasteiger partial charge in [-0.2, -0.15) is 0 Å². The number of anilines is 3. The molecule has 0 saturated carbocycles. The molecule has 0 fully saturated rings. The summed E-state index contributed by atoms with van der Waals surface area (Å²) in [6.07, 6.45) is 0.313. The summed E-state index contributed by atoms with van der Waals surface area (Å²) in [6.45, 7) is 2.25. The minimum absolute atomic E-state index is 0.313. The Bertz CT molecular complexity index is 804. The normalized spacial score (nSPS) is 17.6. The van der Waals surface area contributed by atoms with Crippen LogP contribution in [0.15, 0.2) is 54.6 Å². The van der Waals surface area contributed by atoms with Crippen molar-refractivity contribution in [2.24, 2.45) is 7.05 Å². The van der Waals surface area contributed by atoms with Gasteiger partial charge < -0.3 is 14.4 Å². The summed E-state index contributed by atoms with van der Waals surface area (Å²) in [4.78, 5) is 4.78. The Hall–Kier alpha value is -2.42. The van der Waals surface area contributed by atoms with E-state index in [0.29, 0.717) is 6.17 Å². The molecule has 106 valence electrons. The number of aryl methyl sites for hydroxylation is 1. The molecule has 1 aromatic heterocycles. The maximum Gasteiger partial charge on any atom is 0.135 e. The Labute approximate surface area is 125 Å². The molecule has 0 aliphatic carbocycles. The van der Waals surface area contributed by atoms with Gasteiger partial charge in [-0.05, 0) is 25.1 Å². The second-order valence-electron chi connectivity index (χ2n) is 5.70. The lowest BCUT2D eigenvalue weighted by Crippen LogP contribution is -2.36. The summed E-state index contributed by atoms with van der Waals surface area (Å²) in [5.41, 5.74) is 3.84. The van der Waals surface area contributed by atoms with Crippen LogP contribution in [-0.4, -0.2) is 17.8 Å². The van der Waals surface area contributed by atoms with Crippen molar-refractivity contribution in [3.8, 4) is 0 Å². The van der Waals surface area contributed by atoms with E-state index in [9.17, 15) is 0 Å². The summed E-state index contributed by atoms with van der Waals surface area (Å²) < 4.78 is 2.30. The van der Waals surface area contributed by atoms with Gasteiger partial charge in [0.1, 0.15) is 12.0 Å². The molecule has 4 rings (SSSR count). The van der Waals surface area contributed by atoms with Gasteiger partial charge >= 0.3 is 0 Å². The van der Waals surface area contributed by atoms with Crippen LogP contribution in [0.1, 0.15) is 6.92 Å². The highest BCUT2D eigenvalue weighted by atomic mass is 15.4. The first-order chi connectivity index (χ1) is 10.2. The van der Waals surface area contributed by atoms with Gasteiger partial charge in [-0.15, -0.1) is 0 Å². The van der Waals surface area contributed by atoms with E-state index in [0.717, 1.165) is 0 Å². The highest BCUT2D eigenvalue weighted by molar-refractivity contribution is 6.05.